The Morgan fingerprint density at radius 2 is 1.13 bits per heavy atom. The second-order valence-electron chi connectivity index (χ2n) is 17.8. The Labute approximate surface area is 422 Å². The molecule has 0 spiro atoms. The molecule has 9 aromatic carbocycles. The molecule has 0 saturated carbocycles. The normalized spacial score (nSPS) is 12.9. The van der Waals surface area contributed by atoms with E-state index in [-0.39, 0.29) is 26.5 Å². The summed E-state index contributed by atoms with van der Waals surface area (Å²) in [4.78, 5) is 12.3. The van der Waals surface area contributed by atoms with E-state index in [0.717, 1.165) is 79.0 Å². The predicted molar refractivity (Wildman–Crippen MR) is 276 cm³/mol. The van der Waals surface area contributed by atoms with E-state index in [2.05, 4.69) is 253 Å². The van der Waals surface area contributed by atoms with E-state index < -0.39 is 20.9 Å². The molecule has 0 bridgehead atoms. The van der Waals surface area contributed by atoms with Gasteiger partial charge in [0.15, 0.2) is 0 Å². The van der Waals surface area contributed by atoms with E-state index in [1.807, 2.05) is 12.1 Å². The second-order valence-corrected chi connectivity index (χ2v) is 20.8. The third-order valence-electron chi connectivity index (χ3n) is 12.5. The fourth-order valence-electron chi connectivity index (χ4n) is 9.19. The van der Waals surface area contributed by atoms with E-state index in [4.69, 9.17) is 9.72 Å². The molecule has 0 amide bonds. The quantitative estimate of drug-likeness (QED) is 0.112. The standard InChI is InChI=1S/C60H44N5OTe.Pt/c1-60(2,3)43-32-34-44(35-33-43)62-40-63(53-29-13-12-28-52(53)62)45-22-16-23-46(38-45)66-47-36-37-57-55(39-47)64(54-30-14-15-31-56(54)67-57)59-61-50-26-10-11-27-51(50)65(59)58-48(41-18-6-4-7-19-41)24-17-25-49(58)42-20-8-5-9-21-42;/h4-37,40H,1-3H3;/q-3;. The zero-order valence-corrected chi connectivity index (χ0v) is 42.2. The van der Waals surface area contributed by atoms with Crippen LogP contribution in [0.2, 0.25) is 0 Å². The Hall–Kier alpha value is -6.87. The summed E-state index contributed by atoms with van der Waals surface area (Å²) in [6.07, 6.45) is 0. The van der Waals surface area contributed by atoms with Crippen LogP contribution >= 0.6 is 0 Å². The Morgan fingerprint density at radius 1 is 0.529 bits per heavy atom. The molecular weight excluding hydrogens is 1130 g/mol. The van der Waals surface area contributed by atoms with Crippen molar-refractivity contribution in [2.75, 3.05) is 14.7 Å². The number of ether oxygens (including phenoxy) is 1. The number of hydrogen-bond donors (Lipinski definition) is 0. The summed E-state index contributed by atoms with van der Waals surface area (Å²) in [6.45, 7) is 8.88. The Kier molecular flexibility index (Phi) is 11.6. The molecule has 0 atom stereocenters. The topological polar surface area (TPSA) is 36.8 Å². The van der Waals surface area contributed by atoms with Crippen molar-refractivity contribution in [1.29, 1.82) is 0 Å². The van der Waals surface area contributed by atoms with Gasteiger partial charge in [0.25, 0.3) is 0 Å². The number of benzene rings is 9. The van der Waals surface area contributed by atoms with Gasteiger partial charge in [0.2, 0.25) is 0 Å². The van der Waals surface area contributed by atoms with Crippen LogP contribution in [0.25, 0.3) is 39.0 Å². The van der Waals surface area contributed by atoms with Gasteiger partial charge in [0.05, 0.1) is 0 Å². The van der Waals surface area contributed by atoms with E-state index in [0.29, 0.717) is 11.5 Å². The summed E-state index contributed by atoms with van der Waals surface area (Å²) >= 11 is -0.786. The fraction of sp³-hybridized carbons (Fsp3) is 0.0667. The van der Waals surface area contributed by atoms with Crippen molar-refractivity contribution in [3.8, 4) is 39.4 Å². The molecule has 8 heteroatoms. The van der Waals surface area contributed by atoms with Gasteiger partial charge in [-0.1, -0.05) is 39.0 Å². The van der Waals surface area contributed by atoms with Gasteiger partial charge < -0.3 is 0 Å². The third-order valence-corrected chi connectivity index (χ3v) is 15.6. The molecule has 2 aliphatic rings. The van der Waals surface area contributed by atoms with Crippen molar-refractivity contribution in [2.45, 2.75) is 26.2 Å². The van der Waals surface area contributed by atoms with Crippen LogP contribution in [-0.2, 0) is 26.5 Å². The first-order valence-corrected chi connectivity index (χ1v) is 24.9. The van der Waals surface area contributed by atoms with Crippen LogP contribution in [0.4, 0.5) is 40.1 Å². The number of aromatic nitrogens is 2. The maximum atomic E-state index is 6.78. The van der Waals surface area contributed by atoms with Gasteiger partial charge >= 0.3 is 342 Å². The minimum atomic E-state index is -0.786. The Bertz CT molecular complexity index is 3400. The zero-order valence-electron chi connectivity index (χ0n) is 37.6. The predicted octanol–water partition coefficient (Wildman–Crippen LogP) is 13.9. The molecule has 0 aliphatic carbocycles. The van der Waals surface area contributed by atoms with Crippen molar-refractivity contribution in [3.63, 3.8) is 0 Å². The van der Waals surface area contributed by atoms with Crippen molar-refractivity contribution >= 4 is 79.3 Å². The molecule has 334 valence electrons. The number of hydrogen-bond acceptors (Lipinski definition) is 5. The average Bonchev–Trinajstić information content (AvgIpc) is 3.95. The van der Waals surface area contributed by atoms with E-state index in [1.54, 1.807) is 0 Å². The van der Waals surface area contributed by atoms with Gasteiger partial charge in [0, 0.05) is 21.1 Å². The molecule has 12 rings (SSSR count). The van der Waals surface area contributed by atoms with Crippen LogP contribution in [0.5, 0.6) is 11.5 Å². The number of fused-ring (bicyclic) bond motifs is 4. The molecule has 2 aliphatic heterocycles. The third kappa shape index (κ3) is 7.89. The summed E-state index contributed by atoms with van der Waals surface area (Å²) in [5, 5.41) is 0. The minimum Gasteiger partial charge on any atom is -0.0565 e. The summed E-state index contributed by atoms with van der Waals surface area (Å²) in [5.74, 6) is 1.99. The van der Waals surface area contributed by atoms with Crippen LogP contribution in [-0.4, -0.2) is 30.5 Å². The van der Waals surface area contributed by atoms with Gasteiger partial charge in [-0.3, -0.25) is 0 Å². The maximum absolute atomic E-state index is 6.78. The van der Waals surface area contributed by atoms with Crippen molar-refractivity contribution in [3.05, 3.63) is 231 Å². The number of para-hydroxylation sites is 6. The second kappa shape index (κ2) is 18.0. The van der Waals surface area contributed by atoms with Crippen LogP contribution in [0.1, 0.15) is 26.3 Å². The number of imidazole rings is 1. The first kappa shape index (κ1) is 43.7. The zero-order chi connectivity index (χ0) is 45.1. The van der Waals surface area contributed by atoms with Gasteiger partial charge in [0.1, 0.15) is 0 Å². The molecule has 0 unspecified atom stereocenters. The summed E-state index contributed by atoms with van der Waals surface area (Å²) in [7, 11) is 0. The number of rotatable bonds is 8. The summed E-state index contributed by atoms with van der Waals surface area (Å²) in [6, 6.07) is 80.3. The van der Waals surface area contributed by atoms with E-state index in [1.165, 1.54) is 12.8 Å². The van der Waals surface area contributed by atoms with Crippen LogP contribution in [0.3, 0.4) is 0 Å². The number of anilines is 7. The minimum absolute atomic E-state index is 0. The molecule has 1 aromatic heterocycles. The van der Waals surface area contributed by atoms with Crippen molar-refractivity contribution in [2.24, 2.45) is 0 Å². The summed E-state index contributed by atoms with van der Waals surface area (Å²) in [5.41, 5.74) is 15.0. The molecule has 10 aromatic rings. The van der Waals surface area contributed by atoms with Gasteiger partial charge in [-0.05, 0) is 23.1 Å². The Balaban J connectivity index is 0.00000507. The fourth-order valence-corrected chi connectivity index (χ4v) is 12.1. The molecule has 6 nitrogen and oxygen atoms in total. The smallest absolute Gasteiger partial charge is 0 e. The largest absolute Gasteiger partial charge is 0.0565 e. The molecule has 68 heavy (non-hydrogen) atoms. The van der Waals surface area contributed by atoms with Gasteiger partial charge in [-0.25, -0.2) is 0 Å². The van der Waals surface area contributed by atoms with Gasteiger partial charge in [-0.15, -0.1) is 0 Å². The van der Waals surface area contributed by atoms with Crippen molar-refractivity contribution in [1.82, 2.24) is 9.55 Å². The molecule has 3 heterocycles. The van der Waals surface area contributed by atoms with E-state index in [9.17, 15) is 0 Å². The molecular formula is C60H44N5OPtTe-3. The monoisotopic (exact) mass is 1180 g/mol. The van der Waals surface area contributed by atoms with Crippen LogP contribution in [0.15, 0.2) is 206 Å². The Morgan fingerprint density at radius 3 is 1.84 bits per heavy atom. The maximum Gasteiger partial charge on any atom is 0 e. The first-order valence-electron chi connectivity index (χ1n) is 22.5. The van der Waals surface area contributed by atoms with Crippen molar-refractivity contribution < 1.29 is 25.8 Å². The molecule has 0 saturated heterocycles. The average molecular weight is 1170 g/mol. The summed E-state index contributed by atoms with van der Waals surface area (Å²) < 4.78 is 11.7. The van der Waals surface area contributed by atoms with Gasteiger partial charge in [-0.2, -0.15) is 0 Å². The molecule has 0 radical (unpaired) electrons. The first-order chi connectivity index (χ1) is 32.9. The van der Waals surface area contributed by atoms with E-state index >= 15 is 0 Å². The number of nitrogens with zero attached hydrogens (tertiary/aromatic N) is 5. The molecule has 0 N–H and O–H groups in total. The van der Waals surface area contributed by atoms with Crippen LogP contribution in [0, 0.1) is 18.8 Å². The van der Waals surface area contributed by atoms with Crippen LogP contribution < -0.4 is 26.7 Å². The molecule has 0 fully saturated rings. The SMILES string of the molecule is CC(C)(C)c1ccc(N2[CH-]N(c3[c-]c(Oc4[c-]c5c(cc4)[Te]c4ccccc4N5c4nc5ccccc5n4-c4c(-c5ccccc5)cccc4-c4ccccc4)ccc3)c3ccccc32)cc1.[Pt].